The summed E-state index contributed by atoms with van der Waals surface area (Å²) in [7, 11) is 4.26. The number of carbonyl (C=O) groups is 1. The van der Waals surface area contributed by atoms with Crippen molar-refractivity contribution in [2.45, 2.75) is 76.3 Å². The smallest absolute Gasteiger partial charge is 0.317 e. The van der Waals surface area contributed by atoms with Gasteiger partial charge in [-0.05, 0) is 64.5 Å². The topological polar surface area (TPSA) is 35.6 Å². The largest absolute Gasteiger partial charge is 0.335 e. The molecule has 0 aromatic carbocycles. The first kappa shape index (κ1) is 17.1. The molecule has 0 radical (unpaired) electrons. The van der Waals surface area contributed by atoms with E-state index in [0.717, 1.165) is 31.3 Å². The molecule has 0 aromatic rings. The first-order valence-corrected chi connectivity index (χ1v) is 9.87. The summed E-state index contributed by atoms with van der Waals surface area (Å²) in [6.45, 7) is 1.82. The van der Waals surface area contributed by atoms with Gasteiger partial charge in [0.05, 0.1) is 0 Å². The van der Waals surface area contributed by atoms with E-state index in [9.17, 15) is 4.79 Å². The van der Waals surface area contributed by atoms with Gasteiger partial charge in [-0.3, -0.25) is 0 Å². The lowest BCUT2D eigenvalue weighted by Crippen LogP contribution is -2.54. The van der Waals surface area contributed by atoms with E-state index in [-0.39, 0.29) is 6.03 Å². The number of nitrogens with one attached hydrogen (secondary N) is 1. The molecule has 3 rings (SSSR count). The molecule has 2 saturated carbocycles. The number of hydrogen-bond donors (Lipinski definition) is 1. The standard InChI is InChI=1S/C19H35N3O/c1-21(2)17-12-7-13-22(14-17)19(23)20-18(15-8-3-4-9-15)16-10-5-6-11-16/h15-18H,3-14H2,1-2H3,(H,20,23). The van der Waals surface area contributed by atoms with Crippen molar-refractivity contribution in [3.63, 3.8) is 0 Å². The van der Waals surface area contributed by atoms with E-state index in [1.54, 1.807) is 0 Å². The molecular weight excluding hydrogens is 286 g/mol. The maximum absolute atomic E-state index is 12.9. The second-order valence-electron chi connectivity index (χ2n) is 8.27. The van der Waals surface area contributed by atoms with Crippen molar-refractivity contribution in [2.24, 2.45) is 11.8 Å². The first-order chi connectivity index (χ1) is 11.1. The Bertz CT molecular complexity index is 370. The molecule has 23 heavy (non-hydrogen) atoms. The van der Waals surface area contributed by atoms with Crippen LogP contribution in [0.25, 0.3) is 0 Å². The second kappa shape index (κ2) is 7.87. The second-order valence-corrected chi connectivity index (χ2v) is 8.27. The Morgan fingerprint density at radius 1 is 0.957 bits per heavy atom. The van der Waals surface area contributed by atoms with Crippen LogP contribution in [-0.4, -0.2) is 55.1 Å². The van der Waals surface area contributed by atoms with Crippen LogP contribution < -0.4 is 5.32 Å². The maximum atomic E-state index is 12.9. The molecule has 0 aromatic heterocycles. The number of urea groups is 1. The molecule has 1 saturated heterocycles. The lowest BCUT2D eigenvalue weighted by Gasteiger charge is -2.38. The molecule has 1 N–H and O–H groups in total. The zero-order valence-electron chi connectivity index (χ0n) is 15.1. The SMILES string of the molecule is CN(C)C1CCCN(C(=O)NC(C2CCCC2)C2CCCC2)C1. The number of likely N-dealkylation sites (N-methyl/N-ethyl adjacent to an activating group) is 1. The summed E-state index contributed by atoms with van der Waals surface area (Å²) >= 11 is 0. The van der Waals surface area contributed by atoms with Crippen LogP contribution in [-0.2, 0) is 0 Å². The highest BCUT2D eigenvalue weighted by molar-refractivity contribution is 5.74. The summed E-state index contributed by atoms with van der Waals surface area (Å²) in [6.07, 6.45) is 13.1. The Labute approximate surface area is 142 Å². The lowest BCUT2D eigenvalue weighted by molar-refractivity contribution is 0.131. The summed E-state index contributed by atoms with van der Waals surface area (Å²) < 4.78 is 0. The molecule has 3 aliphatic rings. The van der Waals surface area contributed by atoms with Gasteiger partial charge in [0, 0.05) is 25.2 Å². The maximum Gasteiger partial charge on any atom is 0.317 e. The molecule has 1 atom stereocenters. The van der Waals surface area contributed by atoms with Gasteiger partial charge in [-0.15, -0.1) is 0 Å². The molecule has 132 valence electrons. The van der Waals surface area contributed by atoms with Crippen LogP contribution in [0.2, 0.25) is 0 Å². The number of rotatable bonds is 4. The van der Waals surface area contributed by atoms with Gasteiger partial charge in [0.1, 0.15) is 0 Å². The monoisotopic (exact) mass is 321 g/mol. The minimum Gasteiger partial charge on any atom is -0.335 e. The van der Waals surface area contributed by atoms with E-state index >= 15 is 0 Å². The zero-order chi connectivity index (χ0) is 16.2. The number of piperidine rings is 1. The third kappa shape index (κ3) is 4.20. The van der Waals surface area contributed by atoms with Crippen molar-refractivity contribution in [1.82, 2.24) is 15.1 Å². The number of nitrogens with zero attached hydrogens (tertiary/aromatic N) is 2. The Balaban J connectivity index is 1.60. The van der Waals surface area contributed by atoms with Crippen LogP contribution in [0, 0.1) is 11.8 Å². The first-order valence-electron chi connectivity index (χ1n) is 9.87. The molecule has 1 heterocycles. The Hall–Kier alpha value is -0.770. The molecular formula is C19H35N3O. The molecule has 4 heteroatoms. The van der Waals surface area contributed by atoms with Crippen LogP contribution in [0.1, 0.15) is 64.2 Å². The Morgan fingerprint density at radius 2 is 1.52 bits per heavy atom. The fourth-order valence-corrected chi connectivity index (χ4v) is 5.05. The Kier molecular flexibility index (Phi) is 5.84. The third-order valence-corrected chi connectivity index (χ3v) is 6.52. The zero-order valence-corrected chi connectivity index (χ0v) is 15.1. The number of likely N-dealkylation sites (tertiary alicyclic amines) is 1. The molecule has 3 fully saturated rings. The van der Waals surface area contributed by atoms with Crippen LogP contribution in [0.3, 0.4) is 0 Å². The van der Waals surface area contributed by atoms with Crippen LogP contribution >= 0.6 is 0 Å². The van der Waals surface area contributed by atoms with E-state index in [4.69, 9.17) is 0 Å². The van der Waals surface area contributed by atoms with Gasteiger partial charge in [0.15, 0.2) is 0 Å². The molecule has 0 spiro atoms. The molecule has 0 bridgehead atoms. The average molecular weight is 322 g/mol. The average Bonchev–Trinajstić information content (AvgIpc) is 3.26. The molecule has 2 aliphatic carbocycles. The summed E-state index contributed by atoms with van der Waals surface area (Å²) in [6, 6.07) is 1.17. The summed E-state index contributed by atoms with van der Waals surface area (Å²) in [4.78, 5) is 17.2. The fourth-order valence-electron chi connectivity index (χ4n) is 5.05. The van der Waals surface area contributed by atoms with Crippen molar-refractivity contribution in [1.29, 1.82) is 0 Å². The normalized spacial score (nSPS) is 27.3. The van der Waals surface area contributed by atoms with Crippen molar-refractivity contribution >= 4 is 6.03 Å². The minimum absolute atomic E-state index is 0.209. The van der Waals surface area contributed by atoms with Crippen LogP contribution in [0.4, 0.5) is 4.79 Å². The highest BCUT2D eigenvalue weighted by Gasteiger charge is 2.35. The van der Waals surface area contributed by atoms with Crippen molar-refractivity contribution in [3.8, 4) is 0 Å². The van der Waals surface area contributed by atoms with Gasteiger partial charge in [0.25, 0.3) is 0 Å². The van der Waals surface area contributed by atoms with E-state index in [1.807, 2.05) is 0 Å². The van der Waals surface area contributed by atoms with Gasteiger partial charge in [-0.25, -0.2) is 4.79 Å². The van der Waals surface area contributed by atoms with E-state index in [1.165, 1.54) is 57.8 Å². The summed E-state index contributed by atoms with van der Waals surface area (Å²) in [5.74, 6) is 1.47. The molecule has 2 amide bonds. The van der Waals surface area contributed by atoms with Gasteiger partial charge in [-0.2, -0.15) is 0 Å². The van der Waals surface area contributed by atoms with Crippen molar-refractivity contribution in [2.75, 3.05) is 27.2 Å². The molecule has 1 unspecified atom stereocenters. The van der Waals surface area contributed by atoms with E-state index in [2.05, 4.69) is 29.2 Å². The quantitative estimate of drug-likeness (QED) is 0.860. The third-order valence-electron chi connectivity index (χ3n) is 6.52. The van der Waals surface area contributed by atoms with Crippen LogP contribution in [0.15, 0.2) is 0 Å². The van der Waals surface area contributed by atoms with Gasteiger partial charge < -0.3 is 15.1 Å². The molecule has 4 nitrogen and oxygen atoms in total. The van der Waals surface area contributed by atoms with Crippen molar-refractivity contribution < 1.29 is 4.79 Å². The summed E-state index contributed by atoms with van der Waals surface area (Å²) in [5.41, 5.74) is 0. The van der Waals surface area contributed by atoms with E-state index in [0.29, 0.717) is 12.1 Å². The predicted molar refractivity (Wildman–Crippen MR) is 94.5 cm³/mol. The van der Waals surface area contributed by atoms with Gasteiger partial charge in [0.2, 0.25) is 0 Å². The predicted octanol–water partition coefficient (Wildman–Crippen LogP) is 3.47. The highest BCUT2D eigenvalue weighted by atomic mass is 16.2. The lowest BCUT2D eigenvalue weighted by atomic mass is 9.86. The van der Waals surface area contributed by atoms with E-state index < -0.39 is 0 Å². The van der Waals surface area contributed by atoms with Crippen molar-refractivity contribution in [3.05, 3.63) is 0 Å². The number of carbonyl (C=O) groups excluding carboxylic acids is 1. The number of amides is 2. The fraction of sp³-hybridized carbons (Fsp3) is 0.947. The van der Waals surface area contributed by atoms with Gasteiger partial charge >= 0.3 is 6.03 Å². The highest BCUT2D eigenvalue weighted by Crippen LogP contribution is 2.37. The minimum atomic E-state index is 0.209. The van der Waals surface area contributed by atoms with Crippen LogP contribution in [0.5, 0.6) is 0 Å². The van der Waals surface area contributed by atoms with Gasteiger partial charge in [-0.1, -0.05) is 25.7 Å². The summed E-state index contributed by atoms with van der Waals surface area (Å²) in [5, 5.41) is 3.50. The molecule has 1 aliphatic heterocycles. The number of hydrogen-bond acceptors (Lipinski definition) is 2. The Morgan fingerprint density at radius 3 is 2.04 bits per heavy atom.